The first-order valence-corrected chi connectivity index (χ1v) is 15.0. The lowest BCUT2D eigenvalue weighted by Gasteiger charge is -2.21. The number of benzene rings is 2. The van der Waals surface area contributed by atoms with Crippen molar-refractivity contribution in [1.29, 1.82) is 0 Å². The van der Waals surface area contributed by atoms with Crippen LogP contribution >= 0.6 is 0 Å². The molecule has 0 amide bonds. The van der Waals surface area contributed by atoms with Gasteiger partial charge in [0.2, 0.25) is 10.0 Å². The molecule has 2 aromatic carbocycles. The van der Waals surface area contributed by atoms with Crippen molar-refractivity contribution in [2.75, 3.05) is 12.4 Å². The van der Waals surface area contributed by atoms with Gasteiger partial charge in [-0.05, 0) is 69.1 Å². The zero-order valence-electron chi connectivity index (χ0n) is 23.9. The molecule has 4 aromatic rings. The molecule has 12 heteroatoms. The largest absolute Gasteiger partial charge is 0.338 e. The molecule has 2 N–H and O–H groups in total. The first-order valence-electron chi connectivity index (χ1n) is 13.4. The fourth-order valence-electron chi connectivity index (χ4n) is 4.78. The Labute approximate surface area is 237 Å². The van der Waals surface area contributed by atoms with E-state index in [1.165, 1.54) is 46.9 Å². The Morgan fingerprint density at radius 1 is 1.00 bits per heavy atom. The molecule has 41 heavy (non-hydrogen) atoms. The Morgan fingerprint density at radius 2 is 1.68 bits per heavy atom. The first kappa shape index (κ1) is 29.9. The number of pyridine rings is 1. The number of halogens is 1. The predicted molar refractivity (Wildman–Crippen MR) is 160 cm³/mol. The van der Waals surface area contributed by atoms with Gasteiger partial charge in [0.05, 0.1) is 22.6 Å². The highest BCUT2D eigenvalue weighted by molar-refractivity contribution is 7.88. The van der Waals surface area contributed by atoms with Crippen LogP contribution in [0.3, 0.4) is 0 Å². The molecule has 2 aromatic heterocycles. The third-order valence-electron chi connectivity index (χ3n) is 6.97. The standard InChI is InChI=1S/C27H28FN5O5S.C2H6/c1-15-8-11-21(20(28)12-15)30-24-22-23(16(2)25(34)31(24)4)32(27(36)33(26(22)35)18-9-10-18)19-7-5-6-17(13-19)14-39(37,38)29-3;1-2/h5-8,11-13,18,29-30H,9-10,14H2,1-4H3;1-2H3. The van der Waals surface area contributed by atoms with Crippen molar-refractivity contribution in [2.24, 2.45) is 7.05 Å². The normalized spacial score (nSPS) is 13.1. The molecule has 1 fully saturated rings. The average molecular weight is 584 g/mol. The van der Waals surface area contributed by atoms with Gasteiger partial charge in [-0.1, -0.05) is 32.0 Å². The highest BCUT2D eigenvalue weighted by Crippen LogP contribution is 2.34. The SMILES string of the molecule is CC.CNS(=O)(=O)Cc1cccc(-n2c(=O)n(C3CC3)c(=O)c3c(Nc4ccc(C)cc4F)n(C)c(=O)c(C)c32)c1. The molecular formula is C29H34FN5O5S. The summed E-state index contributed by atoms with van der Waals surface area (Å²) < 4.78 is 45.2. The van der Waals surface area contributed by atoms with Crippen molar-refractivity contribution in [2.45, 2.75) is 52.3 Å². The van der Waals surface area contributed by atoms with E-state index in [2.05, 4.69) is 10.0 Å². The lowest BCUT2D eigenvalue weighted by molar-refractivity contribution is 0.587. The topological polar surface area (TPSA) is 124 Å². The van der Waals surface area contributed by atoms with E-state index in [0.717, 1.165) is 0 Å². The van der Waals surface area contributed by atoms with Gasteiger partial charge in [0.1, 0.15) is 17.0 Å². The van der Waals surface area contributed by atoms with Gasteiger partial charge in [-0.2, -0.15) is 0 Å². The van der Waals surface area contributed by atoms with Crippen molar-refractivity contribution in [1.82, 2.24) is 18.4 Å². The second-order valence-electron chi connectivity index (χ2n) is 9.83. The molecule has 218 valence electrons. The number of aromatic nitrogens is 3. The van der Waals surface area contributed by atoms with Gasteiger partial charge in [0.25, 0.3) is 11.1 Å². The van der Waals surface area contributed by atoms with E-state index in [1.807, 2.05) is 13.8 Å². The summed E-state index contributed by atoms with van der Waals surface area (Å²) in [6.07, 6.45) is 1.28. The molecule has 0 radical (unpaired) electrons. The van der Waals surface area contributed by atoms with E-state index in [0.29, 0.717) is 29.7 Å². The van der Waals surface area contributed by atoms with E-state index < -0.39 is 32.6 Å². The fraction of sp³-hybridized carbons (Fsp3) is 0.345. The number of sulfonamides is 1. The molecule has 0 unspecified atom stereocenters. The molecule has 0 atom stereocenters. The predicted octanol–water partition coefficient (Wildman–Crippen LogP) is 3.76. The minimum absolute atomic E-state index is 0.0467. The van der Waals surface area contributed by atoms with Gasteiger partial charge in [-0.25, -0.2) is 22.3 Å². The molecular weight excluding hydrogens is 549 g/mol. The average Bonchev–Trinajstić information content (AvgIpc) is 3.77. The second kappa shape index (κ2) is 11.5. The number of anilines is 2. The molecule has 0 bridgehead atoms. The van der Waals surface area contributed by atoms with Crippen LogP contribution in [0, 0.1) is 19.7 Å². The van der Waals surface area contributed by atoms with Crippen LogP contribution in [0.1, 0.15) is 49.4 Å². The zero-order chi connectivity index (χ0) is 30.2. The zero-order valence-corrected chi connectivity index (χ0v) is 24.7. The number of rotatable bonds is 7. The van der Waals surface area contributed by atoms with Gasteiger partial charge in [-0.15, -0.1) is 0 Å². The van der Waals surface area contributed by atoms with Crippen LogP contribution in [0.4, 0.5) is 15.9 Å². The minimum Gasteiger partial charge on any atom is -0.338 e. The third-order valence-corrected chi connectivity index (χ3v) is 8.30. The van der Waals surface area contributed by atoms with Crippen molar-refractivity contribution in [3.05, 3.63) is 96.2 Å². The Hall–Kier alpha value is -4.03. The monoisotopic (exact) mass is 583 g/mol. The molecule has 1 saturated carbocycles. The highest BCUT2D eigenvalue weighted by atomic mass is 32.2. The number of nitrogens with zero attached hydrogens (tertiary/aromatic N) is 3. The Morgan fingerprint density at radius 3 is 2.29 bits per heavy atom. The van der Waals surface area contributed by atoms with Gasteiger partial charge in [-0.3, -0.25) is 23.3 Å². The van der Waals surface area contributed by atoms with E-state index in [9.17, 15) is 27.2 Å². The number of nitrogens with one attached hydrogen (secondary N) is 2. The fourth-order valence-corrected chi connectivity index (χ4v) is 5.54. The van der Waals surface area contributed by atoms with Crippen molar-refractivity contribution >= 4 is 32.4 Å². The molecule has 0 spiro atoms. The highest BCUT2D eigenvalue weighted by Gasteiger charge is 2.31. The quantitative estimate of drug-likeness (QED) is 0.342. The summed E-state index contributed by atoms with van der Waals surface area (Å²) in [6, 6.07) is 10.6. The van der Waals surface area contributed by atoms with Crippen LogP contribution in [0.25, 0.3) is 16.6 Å². The summed E-state index contributed by atoms with van der Waals surface area (Å²) in [5.41, 5.74) is -0.00551. The second-order valence-corrected chi connectivity index (χ2v) is 11.8. The van der Waals surface area contributed by atoms with Crippen LogP contribution < -0.4 is 26.8 Å². The maximum Gasteiger partial charge on any atom is 0.336 e. The summed E-state index contributed by atoms with van der Waals surface area (Å²) in [5, 5.41) is 2.98. The number of aryl methyl sites for hydroxylation is 2. The van der Waals surface area contributed by atoms with Crippen LogP contribution in [0.2, 0.25) is 0 Å². The number of hydrogen-bond donors (Lipinski definition) is 2. The lowest BCUT2D eigenvalue weighted by Crippen LogP contribution is -2.41. The summed E-state index contributed by atoms with van der Waals surface area (Å²) in [5.74, 6) is -0.845. The van der Waals surface area contributed by atoms with E-state index in [4.69, 9.17) is 0 Å². The minimum atomic E-state index is -3.60. The lowest BCUT2D eigenvalue weighted by atomic mass is 10.1. The molecule has 0 saturated heterocycles. The van der Waals surface area contributed by atoms with Crippen LogP contribution in [-0.4, -0.2) is 29.2 Å². The summed E-state index contributed by atoms with van der Waals surface area (Å²) in [7, 11) is -0.815. The van der Waals surface area contributed by atoms with E-state index >= 15 is 0 Å². The maximum atomic E-state index is 14.8. The molecule has 5 rings (SSSR count). The van der Waals surface area contributed by atoms with Crippen LogP contribution in [0.15, 0.2) is 56.8 Å². The first-order chi connectivity index (χ1) is 19.4. The van der Waals surface area contributed by atoms with Gasteiger partial charge >= 0.3 is 5.69 Å². The Kier molecular flexibility index (Phi) is 8.36. The van der Waals surface area contributed by atoms with Crippen molar-refractivity contribution in [3.8, 4) is 5.69 Å². The number of fused-ring (bicyclic) bond motifs is 1. The van der Waals surface area contributed by atoms with Crippen molar-refractivity contribution in [3.63, 3.8) is 0 Å². The Balaban J connectivity index is 0.00000189. The van der Waals surface area contributed by atoms with Crippen LogP contribution in [-0.2, 0) is 22.8 Å². The molecule has 0 aliphatic heterocycles. The van der Waals surface area contributed by atoms with E-state index in [1.54, 1.807) is 37.3 Å². The third kappa shape index (κ3) is 5.62. The Bertz CT molecular complexity index is 1940. The smallest absolute Gasteiger partial charge is 0.336 e. The van der Waals surface area contributed by atoms with Gasteiger partial charge in [0, 0.05) is 18.7 Å². The summed E-state index contributed by atoms with van der Waals surface area (Å²) in [4.78, 5) is 41.1. The molecule has 1 aliphatic rings. The summed E-state index contributed by atoms with van der Waals surface area (Å²) in [6.45, 7) is 7.26. The van der Waals surface area contributed by atoms with Crippen molar-refractivity contribution < 1.29 is 12.8 Å². The maximum absolute atomic E-state index is 14.8. The number of hydrogen-bond acceptors (Lipinski definition) is 6. The molecule has 2 heterocycles. The van der Waals surface area contributed by atoms with Gasteiger partial charge in [0.15, 0.2) is 0 Å². The van der Waals surface area contributed by atoms with Crippen LogP contribution in [0.5, 0.6) is 0 Å². The van der Waals surface area contributed by atoms with Gasteiger partial charge < -0.3 is 5.32 Å². The van der Waals surface area contributed by atoms with E-state index in [-0.39, 0.29) is 39.8 Å². The summed E-state index contributed by atoms with van der Waals surface area (Å²) >= 11 is 0. The molecule has 1 aliphatic carbocycles. The molecule has 10 nitrogen and oxygen atoms in total.